The fourth-order valence-electron chi connectivity index (χ4n) is 2.52. The minimum absolute atomic E-state index is 0.0623. The molecule has 0 saturated heterocycles. The number of carbonyl (C=O) groups is 1. The molecule has 0 radical (unpaired) electrons. The summed E-state index contributed by atoms with van der Waals surface area (Å²) in [4.78, 5) is 20.5. The molecular weight excluding hydrogens is 311 g/mol. The van der Waals surface area contributed by atoms with Crippen LogP contribution in [0, 0.1) is 0 Å². The van der Waals surface area contributed by atoms with E-state index < -0.39 is 13.3 Å². The van der Waals surface area contributed by atoms with Crippen molar-refractivity contribution in [2.45, 2.75) is 19.3 Å². The van der Waals surface area contributed by atoms with Crippen LogP contribution >= 0.6 is 7.37 Å². The van der Waals surface area contributed by atoms with E-state index in [1.165, 1.54) is 0 Å². The van der Waals surface area contributed by atoms with Gasteiger partial charge in [0.2, 0.25) is 7.37 Å². The van der Waals surface area contributed by atoms with Crippen molar-refractivity contribution in [2.24, 2.45) is 0 Å². The fourth-order valence-corrected chi connectivity index (χ4v) is 3.99. The SMILES string of the molecule is O=C(O)CCCP(=O)(O)CCc1ccccc1-c1ccccc1. The number of hydrogen-bond donors (Lipinski definition) is 2. The highest BCUT2D eigenvalue weighted by Crippen LogP contribution is 2.42. The second-order valence-electron chi connectivity index (χ2n) is 5.56. The van der Waals surface area contributed by atoms with Crippen LogP contribution in [-0.4, -0.2) is 28.3 Å². The van der Waals surface area contributed by atoms with Gasteiger partial charge in [0.15, 0.2) is 0 Å². The molecule has 122 valence electrons. The van der Waals surface area contributed by atoms with Crippen LogP contribution in [0.3, 0.4) is 0 Å². The van der Waals surface area contributed by atoms with Gasteiger partial charge in [-0.25, -0.2) is 0 Å². The monoisotopic (exact) mass is 332 g/mol. The zero-order chi connectivity index (χ0) is 16.7. The Morgan fingerprint density at radius 1 is 0.957 bits per heavy atom. The van der Waals surface area contributed by atoms with Gasteiger partial charge >= 0.3 is 5.97 Å². The largest absolute Gasteiger partial charge is 0.481 e. The van der Waals surface area contributed by atoms with Crippen molar-refractivity contribution in [3.8, 4) is 11.1 Å². The number of hydrogen-bond acceptors (Lipinski definition) is 2. The molecule has 2 N–H and O–H groups in total. The quantitative estimate of drug-likeness (QED) is 0.716. The molecule has 0 aromatic heterocycles. The second kappa shape index (κ2) is 8.09. The Kier molecular flexibility index (Phi) is 6.14. The lowest BCUT2D eigenvalue weighted by Crippen LogP contribution is -2.02. The van der Waals surface area contributed by atoms with E-state index in [9.17, 15) is 14.3 Å². The Hall–Kier alpha value is -1.90. The fraction of sp³-hybridized carbons (Fsp3) is 0.278. The van der Waals surface area contributed by atoms with Gasteiger partial charge in [0.25, 0.3) is 0 Å². The van der Waals surface area contributed by atoms with Gasteiger partial charge in [-0.05, 0) is 29.5 Å². The predicted molar refractivity (Wildman–Crippen MR) is 92.0 cm³/mol. The third kappa shape index (κ3) is 5.66. The number of aryl methyl sites for hydroxylation is 1. The van der Waals surface area contributed by atoms with Crippen LogP contribution in [0.5, 0.6) is 0 Å². The van der Waals surface area contributed by atoms with Gasteiger partial charge in [-0.1, -0.05) is 54.6 Å². The molecule has 2 aromatic carbocycles. The molecule has 0 fully saturated rings. The van der Waals surface area contributed by atoms with Crippen molar-refractivity contribution >= 4 is 13.3 Å². The van der Waals surface area contributed by atoms with Crippen molar-refractivity contribution in [2.75, 3.05) is 12.3 Å². The maximum atomic E-state index is 12.2. The Morgan fingerprint density at radius 3 is 2.30 bits per heavy atom. The third-order valence-electron chi connectivity index (χ3n) is 3.73. The Balaban J connectivity index is 2.04. The van der Waals surface area contributed by atoms with E-state index in [1.54, 1.807) is 0 Å². The molecule has 1 unspecified atom stereocenters. The summed E-state index contributed by atoms with van der Waals surface area (Å²) < 4.78 is 12.2. The van der Waals surface area contributed by atoms with Gasteiger partial charge in [-0.15, -0.1) is 0 Å². The minimum atomic E-state index is -3.29. The Morgan fingerprint density at radius 2 is 1.61 bits per heavy atom. The summed E-state index contributed by atoms with van der Waals surface area (Å²) in [7, 11) is -3.29. The van der Waals surface area contributed by atoms with E-state index in [-0.39, 0.29) is 25.2 Å². The lowest BCUT2D eigenvalue weighted by molar-refractivity contribution is -0.137. The molecule has 1 atom stereocenters. The van der Waals surface area contributed by atoms with Crippen molar-refractivity contribution < 1.29 is 19.4 Å². The molecule has 0 amide bonds. The van der Waals surface area contributed by atoms with E-state index in [0.29, 0.717) is 6.42 Å². The second-order valence-corrected chi connectivity index (χ2v) is 8.15. The van der Waals surface area contributed by atoms with E-state index in [0.717, 1.165) is 16.7 Å². The first-order chi connectivity index (χ1) is 11.0. The van der Waals surface area contributed by atoms with Crippen LogP contribution in [0.25, 0.3) is 11.1 Å². The Labute approximate surface area is 136 Å². The van der Waals surface area contributed by atoms with E-state index in [1.807, 2.05) is 54.6 Å². The summed E-state index contributed by atoms with van der Waals surface area (Å²) in [6.07, 6.45) is 0.920. The van der Waals surface area contributed by atoms with Gasteiger partial charge < -0.3 is 10.00 Å². The van der Waals surface area contributed by atoms with Crippen molar-refractivity contribution in [1.82, 2.24) is 0 Å². The van der Waals surface area contributed by atoms with E-state index >= 15 is 0 Å². The molecule has 0 bridgehead atoms. The van der Waals surface area contributed by atoms with Gasteiger partial charge in [0.1, 0.15) is 0 Å². The molecule has 5 heteroatoms. The lowest BCUT2D eigenvalue weighted by atomic mass is 9.98. The number of aliphatic carboxylic acids is 1. The molecular formula is C18H21O4P. The summed E-state index contributed by atoms with van der Waals surface area (Å²) in [5, 5.41) is 8.61. The first-order valence-corrected chi connectivity index (χ1v) is 9.67. The summed E-state index contributed by atoms with van der Waals surface area (Å²) in [5.74, 6) is -0.931. The van der Waals surface area contributed by atoms with Crippen LogP contribution < -0.4 is 0 Å². The molecule has 2 aromatic rings. The smallest absolute Gasteiger partial charge is 0.303 e. The van der Waals surface area contributed by atoms with Crippen LogP contribution in [-0.2, 0) is 15.8 Å². The number of rotatable bonds is 8. The van der Waals surface area contributed by atoms with Crippen LogP contribution in [0.1, 0.15) is 18.4 Å². The normalized spacial score (nSPS) is 13.4. The summed E-state index contributed by atoms with van der Waals surface area (Å²) in [5.41, 5.74) is 3.19. The average molecular weight is 332 g/mol. The first-order valence-electron chi connectivity index (χ1n) is 7.64. The number of benzene rings is 2. The highest BCUT2D eigenvalue weighted by molar-refractivity contribution is 7.57. The maximum Gasteiger partial charge on any atom is 0.303 e. The van der Waals surface area contributed by atoms with E-state index in [4.69, 9.17) is 5.11 Å². The standard InChI is InChI=1S/C18H21O4P/c19-18(20)11-6-13-23(21,22)14-12-16-9-4-5-10-17(16)15-7-2-1-3-8-15/h1-5,7-10H,6,11-14H2,(H,19,20)(H,21,22). The molecule has 23 heavy (non-hydrogen) atoms. The molecule has 0 aliphatic carbocycles. The third-order valence-corrected chi connectivity index (χ3v) is 5.67. The van der Waals surface area contributed by atoms with E-state index in [2.05, 4.69) is 0 Å². The highest BCUT2D eigenvalue weighted by Gasteiger charge is 2.19. The Bertz CT molecular complexity index is 697. The molecule has 0 spiro atoms. The summed E-state index contributed by atoms with van der Waals surface area (Å²) in [6, 6.07) is 17.8. The zero-order valence-corrected chi connectivity index (χ0v) is 13.8. The van der Waals surface area contributed by atoms with Gasteiger partial charge in [0, 0.05) is 18.7 Å². The highest BCUT2D eigenvalue weighted by atomic mass is 31.2. The van der Waals surface area contributed by atoms with Crippen LogP contribution in [0.2, 0.25) is 0 Å². The van der Waals surface area contributed by atoms with Crippen LogP contribution in [0.15, 0.2) is 54.6 Å². The van der Waals surface area contributed by atoms with Gasteiger partial charge in [0.05, 0.1) is 0 Å². The predicted octanol–water partition coefficient (Wildman–Crippen LogP) is 4.03. The lowest BCUT2D eigenvalue weighted by Gasteiger charge is -2.13. The summed E-state index contributed by atoms with van der Waals surface area (Å²) in [6.45, 7) is 0. The molecule has 0 aliphatic heterocycles. The molecule has 0 aliphatic rings. The summed E-state index contributed by atoms with van der Waals surface area (Å²) >= 11 is 0. The first kappa shape index (κ1) is 17.5. The van der Waals surface area contributed by atoms with Gasteiger partial charge in [-0.3, -0.25) is 9.36 Å². The molecule has 2 rings (SSSR count). The van der Waals surface area contributed by atoms with Gasteiger partial charge in [-0.2, -0.15) is 0 Å². The van der Waals surface area contributed by atoms with Crippen molar-refractivity contribution in [3.05, 3.63) is 60.2 Å². The van der Waals surface area contributed by atoms with Crippen molar-refractivity contribution in [1.29, 1.82) is 0 Å². The minimum Gasteiger partial charge on any atom is -0.481 e. The zero-order valence-electron chi connectivity index (χ0n) is 12.9. The molecule has 4 nitrogen and oxygen atoms in total. The number of carboxylic acids is 1. The molecule has 0 saturated carbocycles. The number of carboxylic acid groups (broad SMARTS) is 1. The topological polar surface area (TPSA) is 74.6 Å². The maximum absolute atomic E-state index is 12.2. The van der Waals surface area contributed by atoms with Crippen molar-refractivity contribution in [3.63, 3.8) is 0 Å². The van der Waals surface area contributed by atoms with Crippen LogP contribution in [0.4, 0.5) is 0 Å². The molecule has 0 heterocycles. The average Bonchev–Trinajstić information content (AvgIpc) is 2.53.